The Kier molecular flexibility index (Phi) is 7.34. The highest BCUT2D eigenvalue weighted by Gasteiger charge is 2.01. The summed E-state index contributed by atoms with van der Waals surface area (Å²) in [4.78, 5) is 11.1. The van der Waals surface area contributed by atoms with E-state index in [-0.39, 0.29) is 5.97 Å². The van der Waals surface area contributed by atoms with Crippen molar-refractivity contribution in [3.8, 4) is 0 Å². The van der Waals surface area contributed by atoms with Crippen LogP contribution in [0.1, 0.15) is 38.2 Å². The van der Waals surface area contributed by atoms with E-state index in [4.69, 9.17) is 16.3 Å². The molecule has 0 aromatic heterocycles. The first-order chi connectivity index (χ1) is 9.13. The Balaban J connectivity index is 2.10. The van der Waals surface area contributed by atoms with Gasteiger partial charge < -0.3 is 10.1 Å². The van der Waals surface area contributed by atoms with Crippen LogP contribution in [0.15, 0.2) is 18.2 Å². The monoisotopic (exact) mass is 283 g/mol. The van der Waals surface area contributed by atoms with Crippen LogP contribution in [0.4, 0.5) is 5.69 Å². The van der Waals surface area contributed by atoms with Crippen molar-refractivity contribution in [3.05, 3.63) is 28.8 Å². The minimum absolute atomic E-state index is 0.0965. The number of rotatable bonds is 8. The second-order valence-electron chi connectivity index (χ2n) is 4.51. The van der Waals surface area contributed by atoms with Gasteiger partial charge in [0.05, 0.1) is 6.61 Å². The second kappa shape index (κ2) is 8.81. The van der Waals surface area contributed by atoms with E-state index < -0.39 is 0 Å². The standard InChI is InChI=1S/C15H22ClNO2/c1-3-19-15(18)7-5-4-6-10-17-13-9-8-12(2)14(16)11-13/h8-9,11,17H,3-7,10H2,1-2H3. The molecule has 0 aliphatic rings. The SMILES string of the molecule is CCOC(=O)CCCCCNc1ccc(C)c(Cl)c1. The highest BCUT2D eigenvalue weighted by atomic mass is 35.5. The Morgan fingerprint density at radius 2 is 2.11 bits per heavy atom. The van der Waals surface area contributed by atoms with Crippen LogP contribution in [0.25, 0.3) is 0 Å². The van der Waals surface area contributed by atoms with Crippen LogP contribution >= 0.6 is 11.6 Å². The molecule has 1 aromatic carbocycles. The van der Waals surface area contributed by atoms with Crippen molar-refractivity contribution >= 4 is 23.3 Å². The van der Waals surface area contributed by atoms with Gasteiger partial charge in [0.2, 0.25) is 0 Å². The molecule has 0 aliphatic carbocycles. The maximum atomic E-state index is 11.1. The molecule has 106 valence electrons. The maximum absolute atomic E-state index is 11.1. The Hall–Kier alpha value is -1.22. The third-order valence-electron chi connectivity index (χ3n) is 2.86. The molecule has 0 aliphatic heterocycles. The van der Waals surface area contributed by atoms with Crippen LogP contribution in [0.5, 0.6) is 0 Å². The smallest absolute Gasteiger partial charge is 0.305 e. The van der Waals surface area contributed by atoms with E-state index in [0.717, 1.165) is 42.1 Å². The van der Waals surface area contributed by atoms with Gasteiger partial charge in [-0.05, 0) is 44.4 Å². The average Bonchev–Trinajstić information content (AvgIpc) is 2.38. The van der Waals surface area contributed by atoms with Gasteiger partial charge in [-0.15, -0.1) is 0 Å². The lowest BCUT2D eigenvalue weighted by Gasteiger charge is -2.07. The number of nitrogens with one attached hydrogen (secondary N) is 1. The Morgan fingerprint density at radius 3 is 2.79 bits per heavy atom. The normalized spacial score (nSPS) is 10.3. The molecule has 4 heteroatoms. The second-order valence-corrected chi connectivity index (χ2v) is 4.91. The molecule has 3 nitrogen and oxygen atoms in total. The van der Waals surface area contributed by atoms with Crippen molar-refractivity contribution in [1.29, 1.82) is 0 Å². The predicted molar refractivity (Wildman–Crippen MR) is 79.8 cm³/mol. The van der Waals surface area contributed by atoms with E-state index in [1.165, 1.54) is 0 Å². The van der Waals surface area contributed by atoms with Gasteiger partial charge in [-0.3, -0.25) is 4.79 Å². The molecule has 0 bridgehead atoms. The molecule has 0 fully saturated rings. The molecule has 19 heavy (non-hydrogen) atoms. The summed E-state index contributed by atoms with van der Waals surface area (Å²) in [6.07, 6.45) is 3.45. The number of ether oxygens (including phenoxy) is 1. The molecule has 0 unspecified atom stereocenters. The molecule has 0 radical (unpaired) electrons. The fourth-order valence-electron chi connectivity index (χ4n) is 1.74. The number of esters is 1. The number of halogens is 1. The number of hydrogen-bond acceptors (Lipinski definition) is 3. The quantitative estimate of drug-likeness (QED) is 0.574. The van der Waals surface area contributed by atoms with Crippen molar-refractivity contribution in [2.45, 2.75) is 39.5 Å². The molecular formula is C15H22ClNO2. The van der Waals surface area contributed by atoms with E-state index in [1.54, 1.807) is 0 Å². The third kappa shape index (κ3) is 6.48. The van der Waals surface area contributed by atoms with E-state index in [9.17, 15) is 4.79 Å². The summed E-state index contributed by atoms with van der Waals surface area (Å²) in [7, 11) is 0. The summed E-state index contributed by atoms with van der Waals surface area (Å²) >= 11 is 6.05. The lowest BCUT2D eigenvalue weighted by atomic mass is 10.2. The average molecular weight is 284 g/mol. The minimum atomic E-state index is -0.0965. The maximum Gasteiger partial charge on any atom is 0.305 e. The number of unbranched alkanes of at least 4 members (excludes halogenated alkanes) is 2. The zero-order chi connectivity index (χ0) is 14.1. The van der Waals surface area contributed by atoms with Crippen LogP contribution in [-0.2, 0) is 9.53 Å². The highest BCUT2D eigenvalue weighted by molar-refractivity contribution is 6.31. The van der Waals surface area contributed by atoms with Crippen LogP contribution in [0.3, 0.4) is 0 Å². The number of hydrogen-bond donors (Lipinski definition) is 1. The van der Waals surface area contributed by atoms with Crippen molar-refractivity contribution in [2.24, 2.45) is 0 Å². The molecule has 0 saturated heterocycles. The summed E-state index contributed by atoms with van der Waals surface area (Å²) in [6.45, 7) is 5.17. The fourth-order valence-corrected chi connectivity index (χ4v) is 1.92. The van der Waals surface area contributed by atoms with Crippen molar-refractivity contribution in [2.75, 3.05) is 18.5 Å². The molecule has 1 aromatic rings. The summed E-state index contributed by atoms with van der Waals surface area (Å²) in [5.41, 5.74) is 2.13. The lowest BCUT2D eigenvalue weighted by molar-refractivity contribution is -0.143. The van der Waals surface area contributed by atoms with Crippen molar-refractivity contribution < 1.29 is 9.53 Å². The number of anilines is 1. The van der Waals surface area contributed by atoms with Crippen LogP contribution in [0.2, 0.25) is 5.02 Å². The Bertz CT molecular complexity index is 407. The van der Waals surface area contributed by atoms with Crippen molar-refractivity contribution in [3.63, 3.8) is 0 Å². The minimum Gasteiger partial charge on any atom is -0.466 e. The van der Waals surface area contributed by atoms with E-state index in [0.29, 0.717) is 13.0 Å². The van der Waals surface area contributed by atoms with Gasteiger partial charge in [0.25, 0.3) is 0 Å². The molecule has 0 saturated carbocycles. The zero-order valence-electron chi connectivity index (χ0n) is 11.7. The van der Waals surface area contributed by atoms with E-state index in [1.807, 2.05) is 32.0 Å². The van der Waals surface area contributed by atoms with E-state index in [2.05, 4.69) is 5.32 Å². The molecule has 0 atom stereocenters. The van der Waals surface area contributed by atoms with Crippen LogP contribution in [-0.4, -0.2) is 19.1 Å². The number of carbonyl (C=O) groups is 1. The number of benzene rings is 1. The van der Waals surface area contributed by atoms with Gasteiger partial charge in [0.1, 0.15) is 0 Å². The van der Waals surface area contributed by atoms with E-state index >= 15 is 0 Å². The first kappa shape index (κ1) is 15.8. The van der Waals surface area contributed by atoms with Gasteiger partial charge in [-0.1, -0.05) is 24.1 Å². The molecule has 1 N–H and O–H groups in total. The van der Waals surface area contributed by atoms with Gasteiger partial charge in [-0.25, -0.2) is 0 Å². The first-order valence-corrected chi connectivity index (χ1v) is 7.17. The number of aryl methyl sites for hydroxylation is 1. The summed E-state index contributed by atoms with van der Waals surface area (Å²) in [6, 6.07) is 5.97. The molecule has 1 rings (SSSR count). The highest BCUT2D eigenvalue weighted by Crippen LogP contribution is 2.19. The Labute approximate surface area is 120 Å². The topological polar surface area (TPSA) is 38.3 Å². The third-order valence-corrected chi connectivity index (χ3v) is 3.27. The molecular weight excluding hydrogens is 262 g/mol. The lowest BCUT2D eigenvalue weighted by Crippen LogP contribution is -2.05. The zero-order valence-corrected chi connectivity index (χ0v) is 12.4. The van der Waals surface area contributed by atoms with Crippen LogP contribution in [0, 0.1) is 6.92 Å². The van der Waals surface area contributed by atoms with Crippen molar-refractivity contribution in [1.82, 2.24) is 0 Å². The summed E-state index contributed by atoms with van der Waals surface area (Å²) < 4.78 is 4.87. The summed E-state index contributed by atoms with van der Waals surface area (Å²) in [5, 5.41) is 4.11. The predicted octanol–water partition coefficient (Wildman–Crippen LogP) is 4.18. The first-order valence-electron chi connectivity index (χ1n) is 6.79. The molecule has 0 heterocycles. The largest absolute Gasteiger partial charge is 0.466 e. The Morgan fingerprint density at radius 1 is 1.32 bits per heavy atom. The van der Waals surface area contributed by atoms with Gasteiger partial charge in [0.15, 0.2) is 0 Å². The van der Waals surface area contributed by atoms with Crippen LogP contribution < -0.4 is 5.32 Å². The molecule has 0 spiro atoms. The van der Waals surface area contributed by atoms with Gasteiger partial charge in [-0.2, -0.15) is 0 Å². The number of carbonyl (C=O) groups excluding carboxylic acids is 1. The fraction of sp³-hybridized carbons (Fsp3) is 0.533. The van der Waals surface area contributed by atoms with Gasteiger partial charge >= 0.3 is 5.97 Å². The summed E-state index contributed by atoms with van der Waals surface area (Å²) in [5.74, 6) is -0.0965. The molecule has 0 amide bonds. The van der Waals surface area contributed by atoms with Gasteiger partial charge in [0, 0.05) is 23.7 Å².